The van der Waals surface area contributed by atoms with Gasteiger partial charge in [0.2, 0.25) is 12.3 Å². The van der Waals surface area contributed by atoms with Gasteiger partial charge in [0.05, 0.1) is 23.9 Å². The van der Waals surface area contributed by atoms with Gasteiger partial charge in [-0.2, -0.15) is 0 Å². The molecule has 1 saturated carbocycles. The zero-order chi connectivity index (χ0) is 30.0. The molecule has 9 heteroatoms. The second kappa shape index (κ2) is 12.6. The van der Waals surface area contributed by atoms with E-state index in [9.17, 15) is 9.59 Å². The maximum atomic E-state index is 15.9. The first kappa shape index (κ1) is 30.3. The number of halogens is 3. The Kier molecular flexibility index (Phi) is 9.11. The van der Waals surface area contributed by atoms with Crippen LogP contribution in [0.2, 0.25) is 10.0 Å². The van der Waals surface area contributed by atoms with Gasteiger partial charge in [-0.3, -0.25) is 14.9 Å². The lowest BCUT2D eigenvalue weighted by Gasteiger charge is -2.41. The van der Waals surface area contributed by atoms with E-state index in [2.05, 4.69) is 29.8 Å². The standard InChI is InChI=1S/C33H36Cl2FN3O3/c1-19(2)20-10-13-25(27(16-20)42-3)38-32(41)31-28(23-8-7-9-24(35)30(23)36)29(33(39-31)14-5-4-6-15-33)22-12-11-21(34)17-26(22)37-18-40/h7-13,16-19,28-29,31,39H,4-6,14-15H2,1-3H3,(H,37,40)(H,38,41)/t28-,29?,31-/m1/s1. The Morgan fingerprint density at radius 3 is 2.50 bits per heavy atom. The van der Waals surface area contributed by atoms with Crippen molar-refractivity contribution in [3.05, 3.63) is 87.2 Å². The Balaban J connectivity index is 1.66. The van der Waals surface area contributed by atoms with Crippen LogP contribution in [-0.2, 0) is 9.59 Å². The van der Waals surface area contributed by atoms with Gasteiger partial charge < -0.3 is 15.4 Å². The van der Waals surface area contributed by atoms with Gasteiger partial charge in [-0.05, 0) is 65.8 Å². The van der Waals surface area contributed by atoms with Crippen LogP contribution in [0.25, 0.3) is 0 Å². The van der Waals surface area contributed by atoms with E-state index >= 15 is 4.39 Å². The zero-order valence-corrected chi connectivity index (χ0v) is 25.5. The highest BCUT2D eigenvalue weighted by Crippen LogP contribution is 2.56. The molecule has 2 fully saturated rings. The zero-order valence-electron chi connectivity index (χ0n) is 24.0. The number of nitrogens with one attached hydrogen (secondary N) is 3. The highest BCUT2D eigenvalue weighted by molar-refractivity contribution is 6.31. The SMILES string of the molecule is COc1cc(C(C)C)ccc1NC(=O)[C@@H]1NC2(CCCCC2)C(c2ccc(Cl)cc2NC=O)[C@H]1c1cccc(Cl)c1F. The molecule has 0 aromatic heterocycles. The van der Waals surface area contributed by atoms with Crippen LogP contribution < -0.4 is 20.7 Å². The first-order chi connectivity index (χ1) is 20.2. The number of ether oxygens (including phenoxy) is 1. The van der Waals surface area contributed by atoms with Crippen molar-refractivity contribution in [3.8, 4) is 5.75 Å². The molecule has 1 aliphatic heterocycles. The summed E-state index contributed by atoms with van der Waals surface area (Å²) in [5, 5.41) is 10.0. The number of benzene rings is 3. The average molecular weight is 613 g/mol. The fourth-order valence-electron chi connectivity index (χ4n) is 6.89. The third kappa shape index (κ3) is 5.75. The minimum absolute atomic E-state index is 0.0108. The quantitative estimate of drug-likeness (QED) is 0.225. The molecule has 3 aromatic rings. The molecule has 0 radical (unpaired) electrons. The molecule has 1 unspecified atom stereocenters. The third-order valence-corrected chi connectivity index (χ3v) is 9.37. The van der Waals surface area contributed by atoms with Crippen LogP contribution in [0.1, 0.15) is 80.4 Å². The van der Waals surface area contributed by atoms with E-state index in [1.165, 1.54) is 6.07 Å². The molecule has 3 aromatic carbocycles. The molecule has 3 N–H and O–H groups in total. The van der Waals surface area contributed by atoms with Crippen LogP contribution in [0.5, 0.6) is 5.75 Å². The normalized spacial score (nSPS) is 21.4. The number of methoxy groups -OCH3 is 1. The number of rotatable bonds is 8. The number of anilines is 2. The summed E-state index contributed by atoms with van der Waals surface area (Å²) < 4.78 is 21.5. The lowest BCUT2D eigenvalue weighted by molar-refractivity contribution is -0.118. The van der Waals surface area contributed by atoms with E-state index in [0.29, 0.717) is 34.1 Å². The maximum absolute atomic E-state index is 15.9. The highest BCUT2D eigenvalue weighted by Gasteiger charge is 2.57. The van der Waals surface area contributed by atoms with Crippen LogP contribution in [-0.4, -0.2) is 31.0 Å². The fraction of sp³-hybridized carbons (Fsp3) is 0.394. The van der Waals surface area contributed by atoms with Crippen molar-refractivity contribution in [3.63, 3.8) is 0 Å². The van der Waals surface area contributed by atoms with Gasteiger partial charge in [-0.1, -0.05) is 80.6 Å². The smallest absolute Gasteiger partial charge is 0.242 e. The molecule has 222 valence electrons. The van der Waals surface area contributed by atoms with Gasteiger partial charge in [0.1, 0.15) is 11.6 Å². The summed E-state index contributed by atoms with van der Waals surface area (Å²) in [6, 6.07) is 15.2. The fourth-order valence-corrected chi connectivity index (χ4v) is 7.24. The van der Waals surface area contributed by atoms with Gasteiger partial charge in [-0.15, -0.1) is 0 Å². The second-order valence-corrected chi connectivity index (χ2v) is 12.4. The highest BCUT2D eigenvalue weighted by atomic mass is 35.5. The molecule has 42 heavy (non-hydrogen) atoms. The molecule has 6 nitrogen and oxygen atoms in total. The van der Waals surface area contributed by atoms with Crippen molar-refractivity contribution in [2.75, 3.05) is 17.7 Å². The van der Waals surface area contributed by atoms with Crippen LogP contribution in [0.4, 0.5) is 15.8 Å². The molecule has 3 atom stereocenters. The van der Waals surface area contributed by atoms with E-state index in [0.717, 1.165) is 43.2 Å². The number of hydrogen-bond donors (Lipinski definition) is 3. The number of amides is 2. The molecular weight excluding hydrogens is 576 g/mol. The van der Waals surface area contributed by atoms with Crippen molar-refractivity contribution in [2.24, 2.45) is 0 Å². The van der Waals surface area contributed by atoms with Gasteiger partial charge in [-0.25, -0.2) is 4.39 Å². The van der Waals surface area contributed by atoms with Crippen LogP contribution in [0.3, 0.4) is 0 Å². The Morgan fingerprint density at radius 1 is 1.05 bits per heavy atom. The molecule has 1 spiro atoms. The lowest BCUT2D eigenvalue weighted by atomic mass is 9.66. The van der Waals surface area contributed by atoms with Crippen LogP contribution in [0, 0.1) is 5.82 Å². The summed E-state index contributed by atoms with van der Waals surface area (Å²) in [5.41, 5.74) is 2.76. The van der Waals surface area contributed by atoms with Gasteiger partial charge in [0.25, 0.3) is 0 Å². The van der Waals surface area contributed by atoms with Crippen molar-refractivity contribution < 1.29 is 18.7 Å². The Morgan fingerprint density at radius 2 is 1.81 bits per heavy atom. The molecule has 0 bridgehead atoms. The largest absolute Gasteiger partial charge is 0.495 e. The lowest BCUT2D eigenvalue weighted by Crippen LogP contribution is -2.50. The molecule has 2 aliphatic rings. The second-order valence-electron chi connectivity index (χ2n) is 11.6. The predicted octanol–water partition coefficient (Wildman–Crippen LogP) is 8.01. The summed E-state index contributed by atoms with van der Waals surface area (Å²) in [4.78, 5) is 25.9. The van der Waals surface area contributed by atoms with E-state index in [4.69, 9.17) is 27.9 Å². The number of hydrogen-bond acceptors (Lipinski definition) is 4. The van der Waals surface area contributed by atoms with E-state index in [-0.39, 0.29) is 22.8 Å². The Hall–Kier alpha value is -3.13. The monoisotopic (exact) mass is 611 g/mol. The van der Waals surface area contributed by atoms with E-state index in [1.54, 1.807) is 31.4 Å². The minimum atomic E-state index is -0.810. The van der Waals surface area contributed by atoms with E-state index in [1.807, 2.05) is 24.3 Å². The van der Waals surface area contributed by atoms with Gasteiger partial charge in [0.15, 0.2) is 0 Å². The summed E-state index contributed by atoms with van der Waals surface area (Å²) in [5.74, 6) is -1.03. The summed E-state index contributed by atoms with van der Waals surface area (Å²) in [6.07, 6.45) is 5.17. The molecule has 2 amide bonds. The number of carbonyl (C=O) groups is 2. The van der Waals surface area contributed by atoms with Crippen molar-refractivity contribution in [1.29, 1.82) is 0 Å². The maximum Gasteiger partial charge on any atom is 0.242 e. The van der Waals surface area contributed by atoms with Crippen molar-refractivity contribution in [1.82, 2.24) is 5.32 Å². The molecule has 1 heterocycles. The summed E-state index contributed by atoms with van der Waals surface area (Å²) >= 11 is 12.7. The van der Waals surface area contributed by atoms with Gasteiger partial charge >= 0.3 is 0 Å². The molecular formula is C33H36Cl2FN3O3. The third-order valence-electron chi connectivity index (χ3n) is 8.84. The summed E-state index contributed by atoms with van der Waals surface area (Å²) in [7, 11) is 1.57. The first-order valence-corrected chi connectivity index (χ1v) is 15.1. The van der Waals surface area contributed by atoms with Crippen molar-refractivity contribution in [2.45, 2.75) is 75.3 Å². The molecule has 1 aliphatic carbocycles. The first-order valence-electron chi connectivity index (χ1n) is 14.4. The average Bonchev–Trinajstić information content (AvgIpc) is 3.29. The minimum Gasteiger partial charge on any atom is -0.495 e. The topological polar surface area (TPSA) is 79.5 Å². The van der Waals surface area contributed by atoms with Gasteiger partial charge in [0, 0.05) is 28.1 Å². The predicted molar refractivity (Wildman–Crippen MR) is 166 cm³/mol. The van der Waals surface area contributed by atoms with Crippen molar-refractivity contribution >= 4 is 46.9 Å². The number of carbonyl (C=O) groups excluding carboxylic acids is 2. The molecule has 1 saturated heterocycles. The van der Waals surface area contributed by atoms with E-state index < -0.39 is 23.3 Å². The van der Waals surface area contributed by atoms with Crippen LogP contribution >= 0.6 is 23.2 Å². The summed E-state index contributed by atoms with van der Waals surface area (Å²) in [6.45, 7) is 4.18. The van der Waals surface area contributed by atoms with Crippen LogP contribution in [0.15, 0.2) is 54.6 Å². The Labute approximate surface area is 256 Å². The molecule has 5 rings (SSSR count). The Bertz CT molecular complexity index is 1470.